The van der Waals surface area contributed by atoms with E-state index in [1.165, 1.54) is 11.3 Å². The number of halogens is 2. The molecule has 2 nitrogen and oxygen atoms in total. The van der Waals surface area contributed by atoms with E-state index in [4.69, 9.17) is 11.6 Å². The van der Waals surface area contributed by atoms with Crippen LogP contribution in [-0.2, 0) is 0 Å². The van der Waals surface area contributed by atoms with Crippen molar-refractivity contribution in [3.8, 4) is 0 Å². The Kier molecular flexibility index (Phi) is 4.43. The lowest BCUT2D eigenvalue weighted by Crippen LogP contribution is -2.26. The van der Waals surface area contributed by atoms with Gasteiger partial charge in [-0.25, -0.2) is 0 Å². The molecule has 1 N–H and O–H groups in total. The third-order valence-corrected chi connectivity index (χ3v) is 4.48. The summed E-state index contributed by atoms with van der Waals surface area (Å²) in [7, 11) is 0. The Bertz CT molecular complexity index is 570. The number of benzene rings is 1. The Morgan fingerprint density at radius 3 is 2.67 bits per heavy atom. The first-order chi connectivity index (χ1) is 8.58. The number of thiophene rings is 1. The van der Waals surface area contributed by atoms with Gasteiger partial charge in [-0.2, -0.15) is 0 Å². The van der Waals surface area contributed by atoms with Crippen molar-refractivity contribution in [2.75, 3.05) is 0 Å². The van der Waals surface area contributed by atoms with Crippen molar-refractivity contribution >= 4 is 44.8 Å². The molecular weight excluding hydrogens is 334 g/mol. The van der Waals surface area contributed by atoms with Crippen LogP contribution < -0.4 is 5.32 Å². The van der Waals surface area contributed by atoms with Gasteiger partial charge in [0.05, 0.1) is 14.7 Å². The SMILES string of the molecule is CC(NC(=O)c1ccc(Br)s1)c1ccccc1Cl. The molecule has 1 aromatic carbocycles. The van der Waals surface area contributed by atoms with E-state index in [1.807, 2.05) is 37.3 Å². The molecule has 0 radical (unpaired) electrons. The van der Waals surface area contributed by atoms with Crippen LogP contribution in [-0.4, -0.2) is 5.91 Å². The van der Waals surface area contributed by atoms with E-state index >= 15 is 0 Å². The van der Waals surface area contributed by atoms with Gasteiger partial charge in [0.25, 0.3) is 5.91 Å². The summed E-state index contributed by atoms with van der Waals surface area (Å²) in [6.07, 6.45) is 0. The van der Waals surface area contributed by atoms with Crippen LogP contribution >= 0.6 is 38.9 Å². The van der Waals surface area contributed by atoms with Gasteiger partial charge in [-0.15, -0.1) is 11.3 Å². The minimum Gasteiger partial charge on any atom is -0.345 e. The molecule has 94 valence electrons. The zero-order chi connectivity index (χ0) is 13.1. The smallest absolute Gasteiger partial charge is 0.261 e. The van der Waals surface area contributed by atoms with Crippen LogP contribution in [0.4, 0.5) is 0 Å². The maximum absolute atomic E-state index is 12.0. The molecule has 18 heavy (non-hydrogen) atoms. The Morgan fingerprint density at radius 1 is 1.33 bits per heavy atom. The second-order valence-electron chi connectivity index (χ2n) is 3.82. The molecule has 1 unspecified atom stereocenters. The maximum Gasteiger partial charge on any atom is 0.261 e. The summed E-state index contributed by atoms with van der Waals surface area (Å²) in [5.41, 5.74) is 0.920. The van der Waals surface area contributed by atoms with E-state index in [1.54, 1.807) is 6.07 Å². The zero-order valence-corrected chi connectivity index (χ0v) is 12.8. The first-order valence-electron chi connectivity index (χ1n) is 5.38. The van der Waals surface area contributed by atoms with Gasteiger partial charge in [-0.1, -0.05) is 29.8 Å². The summed E-state index contributed by atoms with van der Waals surface area (Å²) in [6.45, 7) is 1.92. The normalized spacial score (nSPS) is 12.2. The molecule has 0 saturated carbocycles. The van der Waals surface area contributed by atoms with Crippen molar-refractivity contribution in [2.45, 2.75) is 13.0 Å². The van der Waals surface area contributed by atoms with Crippen LogP contribution in [0.5, 0.6) is 0 Å². The van der Waals surface area contributed by atoms with Crippen LogP contribution in [0.25, 0.3) is 0 Å². The van der Waals surface area contributed by atoms with Crippen LogP contribution in [0.3, 0.4) is 0 Å². The molecule has 1 amide bonds. The predicted octanol–water partition coefficient (Wildman–Crippen LogP) is 4.66. The average Bonchev–Trinajstić information content (AvgIpc) is 2.76. The molecule has 0 spiro atoms. The third-order valence-electron chi connectivity index (χ3n) is 2.52. The lowest BCUT2D eigenvalue weighted by atomic mass is 10.1. The summed E-state index contributed by atoms with van der Waals surface area (Å²) >= 11 is 10.8. The Balaban J connectivity index is 2.10. The first kappa shape index (κ1) is 13.6. The van der Waals surface area contributed by atoms with Crippen LogP contribution in [0.2, 0.25) is 5.02 Å². The van der Waals surface area contributed by atoms with Gasteiger partial charge in [0.2, 0.25) is 0 Å². The molecule has 1 atom stereocenters. The van der Waals surface area contributed by atoms with Gasteiger partial charge >= 0.3 is 0 Å². The molecule has 0 saturated heterocycles. The quantitative estimate of drug-likeness (QED) is 0.862. The zero-order valence-electron chi connectivity index (χ0n) is 9.61. The number of nitrogens with one attached hydrogen (secondary N) is 1. The number of amides is 1. The van der Waals surface area contributed by atoms with Crippen molar-refractivity contribution in [1.82, 2.24) is 5.32 Å². The van der Waals surface area contributed by atoms with Crippen molar-refractivity contribution in [1.29, 1.82) is 0 Å². The van der Waals surface area contributed by atoms with Crippen LogP contribution in [0.1, 0.15) is 28.2 Å². The molecule has 5 heteroatoms. The fourth-order valence-electron chi connectivity index (χ4n) is 1.61. The van der Waals surface area contributed by atoms with Gasteiger partial charge < -0.3 is 5.32 Å². The van der Waals surface area contributed by atoms with E-state index in [-0.39, 0.29) is 11.9 Å². The molecule has 0 aliphatic heterocycles. The van der Waals surface area contributed by atoms with E-state index in [2.05, 4.69) is 21.2 Å². The van der Waals surface area contributed by atoms with Gasteiger partial charge in [0.15, 0.2) is 0 Å². The number of carbonyl (C=O) groups is 1. The van der Waals surface area contributed by atoms with E-state index in [9.17, 15) is 4.79 Å². The summed E-state index contributed by atoms with van der Waals surface area (Å²) in [5.74, 6) is -0.0851. The van der Waals surface area contributed by atoms with Crippen LogP contribution in [0.15, 0.2) is 40.2 Å². The highest BCUT2D eigenvalue weighted by molar-refractivity contribution is 9.11. The van der Waals surface area contributed by atoms with Crippen molar-refractivity contribution in [3.63, 3.8) is 0 Å². The van der Waals surface area contributed by atoms with E-state index in [0.717, 1.165) is 9.35 Å². The molecule has 2 rings (SSSR count). The lowest BCUT2D eigenvalue weighted by Gasteiger charge is -2.14. The minimum absolute atomic E-state index is 0.0851. The second kappa shape index (κ2) is 5.87. The number of hydrogen-bond donors (Lipinski definition) is 1. The summed E-state index contributed by atoms with van der Waals surface area (Å²) in [4.78, 5) is 12.7. The summed E-state index contributed by atoms with van der Waals surface area (Å²) < 4.78 is 0.943. The van der Waals surface area contributed by atoms with Gasteiger partial charge in [-0.3, -0.25) is 4.79 Å². The van der Waals surface area contributed by atoms with Crippen molar-refractivity contribution in [3.05, 3.63) is 55.6 Å². The summed E-state index contributed by atoms with van der Waals surface area (Å²) in [5, 5.41) is 3.60. The Labute approximate surface area is 123 Å². The minimum atomic E-state index is -0.118. The average molecular weight is 345 g/mol. The third kappa shape index (κ3) is 3.13. The largest absolute Gasteiger partial charge is 0.345 e. The fraction of sp³-hybridized carbons (Fsp3) is 0.154. The summed E-state index contributed by atoms with van der Waals surface area (Å²) in [6, 6.07) is 11.1. The Morgan fingerprint density at radius 2 is 2.06 bits per heavy atom. The lowest BCUT2D eigenvalue weighted by molar-refractivity contribution is 0.0944. The molecule has 0 aliphatic carbocycles. The van der Waals surface area contributed by atoms with Gasteiger partial charge in [-0.05, 0) is 46.6 Å². The van der Waals surface area contributed by atoms with Crippen molar-refractivity contribution in [2.24, 2.45) is 0 Å². The number of hydrogen-bond acceptors (Lipinski definition) is 2. The molecule has 1 aromatic heterocycles. The molecule has 0 bridgehead atoms. The standard InChI is InChI=1S/C13H11BrClNOS/c1-8(9-4-2-3-5-10(9)15)16-13(17)11-6-7-12(14)18-11/h2-8H,1H3,(H,16,17). The molecule has 1 heterocycles. The Hall–Kier alpha value is -0.840. The fourth-order valence-corrected chi connectivity index (χ4v) is 3.20. The molecular formula is C13H11BrClNOS. The van der Waals surface area contributed by atoms with Gasteiger partial charge in [0, 0.05) is 5.02 Å². The monoisotopic (exact) mass is 343 g/mol. The number of carbonyl (C=O) groups excluding carboxylic acids is 1. The molecule has 0 aliphatic rings. The highest BCUT2D eigenvalue weighted by Gasteiger charge is 2.14. The number of rotatable bonds is 3. The topological polar surface area (TPSA) is 29.1 Å². The maximum atomic E-state index is 12.0. The van der Waals surface area contributed by atoms with Gasteiger partial charge in [0.1, 0.15) is 0 Å². The highest BCUT2D eigenvalue weighted by atomic mass is 79.9. The first-order valence-corrected chi connectivity index (χ1v) is 7.37. The van der Waals surface area contributed by atoms with Crippen molar-refractivity contribution < 1.29 is 4.79 Å². The second-order valence-corrected chi connectivity index (χ2v) is 6.69. The molecule has 0 fully saturated rings. The van der Waals surface area contributed by atoms with E-state index < -0.39 is 0 Å². The van der Waals surface area contributed by atoms with Crippen LogP contribution in [0, 0.1) is 0 Å². The predicted molar refractivity (Wildman–Crippen MR) is 79.4 cm³/mol. The highest BCUT2D eigenvalue weighted by Crippen LogP contribution is 2.25. The molecule has 2 aromatic rings. The van der Waals surface area contributed by atoms with E-state index in [0.29, 0.717) is 9.90 Å².